The minimum atomic E-state index is -3.91. The quantitative estimate of drug-likeness (QED) is 0.495. The fourth-order valence-electron chi connectivity index (χ4n) is 1.54. The van der Waals surface area contributed by atoms with Crippen LogP contribution in [0.25, 0.3) is 0 Å². The average molecular weight is 313 g/mol. The Kier molecular flexibility index (Phi) is 5.42. The van der Waals surface area contributed by atoms with Gasteiger partial charge in [0.05, 0.1) is 9.82 Å². The molecule has 1 aromatic carbocycles. The number of aryl methyl sites for hydroxylation is 1. The molecule has 0 aliphatic carbocycles. The second-order valence-electron chi connectivity index (χ2n) is 4.86. The molecule has 0 amide bonds. The zero-order chi connectivity index (χ0) is 16.2. The van der Waals surface area contributed by atoms with Crippen molar-refractivity contribution in [3.63, 3.8) is 0 Å². The van der Waals surface area contributed by atoms with E-state index in [9.17, 15) is 18.5 Å². The smallest absolute Gasteiger partial charge is 0.258 e. The van der Waals surface area contributed by atoms with Gasteiger partial charge in [-0.05, 0) is 32.3 Å². The van der Waals surface area contributed by atoms with Gasteiger partial charge in [0.15, 0.2) is 0 Å². The molecular formula is C13H19N3O4S. The molecule has 0 aliphatic rings. The average Bonchev–Trinajstić information content (AvgIpc) is 2.43. The van der Waals surface area contributed by atoms with Gasteiger partial charge in [0.2, 0.25) is 0 Å². The zero-order valence-electron chi connectivity index (χ0n) is 12.5. The van der Waals surface area contributed by atoms with Gasteiger partial charge < -0.3 is 0 Å². The fraction of sp³-hybridized carbons (Fsp3) is 0.462. The highest BCUT2D eigenvalue weighted by Crippen LogP contribution is 2.22. The van der Waals surface area contributed by atoms with E-state index in [0.717, 1.165) is 12.5 Å². The molecule has 1 rings (SSSR count). The third-order valence-corrected chi connectivity index (χ3v) is 4.56. The van der Waals surface area contributed by atoms with Crippen LogP contribution in [0.4, 0.5) is 5.69 Å². The Morgan fingerprint density at radius 1 is 1.48 bits per heavy atom. The fourth-order valence-corrected chi connectivity index (χ4v) is 2.43. The molecule has 0 saturated carbocycles. The van der Waals surface area contributed by atoms with Crippen molar-refractivity contribution in [3.05, 3.63) is 33.9 Å². The summed E-state index contributed by atoms with van der Waals surface area (Å²) < 4.78 is 24.2. The van der Waals surface area contributed by atoms with E-state index in [1.807, 2.05) is 13.8 Å². The summed E-state index contributed by atoms with van der Waals surface area (Å²) in [5.41, 5.74) is 0.821. The highest BCUT2D eigenvalue weighted by Gasteiger charge is 2.19. The number of nitrogens with one attached hydrogen (secondary N) is 1. The second-order valence-corrected chi connectivity index (χ2v) is 6.52. The van der Waals surface area contributed by atoms with Crippen LogP contribution in [0.3, 0.4) is 0 Å². The largest absolute Gasteiger partial charge is 0.276 e. The Labute approximate surface area is 124 Å². The molecule has 0 unspecified atom stereocenters. The Bertz CT molecular complexity index is 668. The van der Waals surface area contributed by atoms with Crippen LogP contribution in [0, 0.1) is 23.0 Å². The van der Waals surface area contributed by atoms with Crippen molar-refractivity contribution in [1.82, 2.24) is 4.83 Å². The molecule has 0 spiro atoms. The first kappa shape index (κ1) is 17.1. The lowest BCUT2D eigenvalue weighted by molar-refractivity contribution is -0.385. The lowest BCUT2D eigenvalue weighted by Crippen LogP contribution is -2.21. The monoisotopic (exact) mass is 313 g/mol. The number of benzene rings is 1. The van der Waals surface area contributed by atoms with E-state index in [-0.39, 0.29) is 16.5 Å². The highest BCUT2D eigenvalue weighted by atomic mass is 32.2. The number of hydrogen-bond acceptors (Lipinski definition) is 5. The van der Waals surface area contributed by atoms with Crippen molar-refractivity contribution in [2.75, 3.05) is 0 Å². The maximum Gasteiger partial charge on any atom is 0.276 e. The maximum atomic E-state index is 12.1. The molecule has 0 aromatic heterocycles. The number of rotatable bonds is 6. The van der Waals surface area contributed by atoms with Crippen LogP contribution >= 0.6 is 0 Å². The molecule has 7 nitrogen and oxygen atoms in total. The molecule has 0 bridgehead atoms. The van der Waals surface area contributed by atoms with E-state index in [0.29, 0.717) is 11.3 Å². The predicted octanol–water partition coefficient (Wildman–Crippen LogP) is 2.60. The van der Waals surface area contributed by atoms with Crippen LogP contribution in [0.15, 0.2) is 28.2 Å². The first-order chi connectivity index (χ1) is 9.69. The molecule has 0 saturated heterocycles. The van der Waals surface area contributed by atoms with E-state index < -0.39 is 14.9 Å². The van der Waals surface area contributed by atoms with Gasteiger partial charge in [0.1, 0.15) is 0 Å². The van der Waals surface area contributed by atoms with Crippen molar-refractivity contribution in [3.8, 4) is 0 Å². The molecule has 0 aliphatic heterocycles. The minimum absolute atomic E-state index is 0.153. The summed E-state index contributed by atoms with van der Waals surface area (Å²) in [5, 5.41) is 14.7. The van der Waals surface area contributed by atoms with Crippen LogP contribution in [0.5, 0.6) is 0 Å². The van der Waals surface area contributed by atoms with Gasteiger partial charge in [-0.25, -0.2) is 4.83 Å². The number of hydrogen-bond donors (Lipinski definition) is 1. The van der Waals surface area contributed by atoms with E-state index in [2.05, 4.69) is 9.93 Å². The van der Waals surface area contributed by atoms with Gasteiger partial charge in [-0.1, -0.05) is 19.9 Å². The van der Waals surface area contributed by atoms with E-state index in [4.69, 9.17) is 0 Å². The lowest BCUT2D eigenvalue weighted by atomic mass is 10.1. The summed E-state index contributed by atoms with van der Waals surface area (Å²) in [5.74, 6) is 0.153. The Morgan fingerprint density at radius 2 is 2.10 bits per heavy atom. The summed E-state index contributed by atoms with van der Waals surface area (Å²) in [6.45, 7) is 7.19. The van der Waals surface area contributed by atoms with E-state index >= 15 is 0 Å². The summed E-state index contributed by atoms with van der Waals surface area (Å²) in [6.07, 6.45) is 0.840. The molecule has 0 heterocycles. The van der Waals surface area contributed by atoms with Crippen molar-refractivity contribution in [1.29, 1.82) is 0 Å². The number of nitro benzene ring substituents is 1. The van der Waals surface area contributed by atoms with Crippen molar-refractivity contribution in [2.45, 2.75) is 39.0 Å². The maximum absolute atomic E-state index is 12.1. The molecule has 21 heavy (non-hydrogen) atoms. The summed E-state index contributed by atoms with van der Waals surface area (Å²) in [4.78, 5) is 12.2. The topological polar surface area (TPSA) is 102 Å². The predicted molar refractivity (Wildman–Crippen MR) is 80.7 cm³/mol. The van der Waals surface area contributed by atoms with Crippen molar-refractivity contribution < 1.29 is 13.3 Å². The molecule has 1 N–H and O–H groups in total. The van der Waals surface area contributed by atoms with Crippen LogP contribution in [0.2, 0.25) is 0 Å². The van der Waals surface area contributed by atoms with E-state index in [1.54, 1.807) is 13.8 Å². The molecule has 116 valence electrons. The summed E-state index contributed by atoms with van der Waals surface area (Å²) in [6, 6.07) is 3.75. The van der Waals surface area contributed by atoms with Crippen molar-refractivity contribution >= 4 is 21.4 Å². The molecular weight excluding hydrogens is 294 g/mol. The van der Waals surface area contributed by atoms with Gasteiger partial charge in [-0.2, -0.15) is 13.5 Å². The Morgan fingerprint density at radius 3 is 2.62 bits per heavy atom. The number of sulfonamides is 1. The lowest BCUT2D eigenvalue weighted by Gasteiger charge is -2.09. The Balaban J connectivity index is 3.09. The minimum Gasteiger partial charge on any atom is -0.258 e. The van der Waals surface area contributed by atoms with Crippen LogP contribution in [-0.2, 0) is 10.0 Å². The first-order valence-corrected chi connectivity index (χ1v) is 7.98. The summed E-state index contributed by atoms with van der Waals surface area (Å²) >= 11 is 0. The number of nitro groups is 1. The van der Waals surface area contributed by atoms with E-state index in [1.165, 1.54) is 12.1 Å². The van der Waals surface area contributed by atoms with Crippen LogP contribution in [0.1, 0.15) is 32.8 Å². The third kappa shape index (κ3) is 4.25. The van der Waals surface area contributed by atoms with Gasteiger partial charge in [0, 0.05) is 17.3 Å². The van der Waals surface area contributed by atoms with Gasteiger partial charge in [0.25, 0.3) is 15.7 Å². The zero-order valence-corrected chi connectivity index (χ0v) is 13.3. The SMILES string of the molecule is CC[C@H](C)/C(C)=N\NS(=O)(=O)c1ccc(C)c([N+](=O)[O-])c1. The van der Waals surface area contributed by atoms with Crippen LogP contribution in [-0.4, -0.2) is 19.1 Å². The Hall–Kier alpha value is -1.96. The third-order valence-electron chi connectivity index (χ3n) is 3.36. The highest BCUT2D eigenvalue weighted by molar-refractivity contribution is 7.89. The van der Waals surface area contributed by atoms with Gasteiger partial charge in [-0.3, -0.25) is 10.1 Å². The van der Waals surface area contributed by atoms with Gasteiger partial charge >= 0.3 is 0 Å². The molecule has 1 aromatic rings. The molecule has 8 heteroatoms. The second kappa shape index (κ2) is 6.66. The number of nitrogens with zero attached hydrogens (tertiary/aromatic N) is 2. The molecule has 0 fully saturated rings. The first-order valence-electron chi connectivity index (χ1n) is 6.50. The molecule has 0 radical (unpaired) electrons. The standard InChI is InChI=1S/C13H19N3O4S/c1-5-9(2)11(4)14-15-21(19,20)12-7-6-10(3)13(8-12)16(17)18/h6-9,15H,5H2,1-4H3/b14-11-/t9-/m0/s1. The van der Waals surface area contributed by atoms with Gasteiger partial charge in [-0.15, -0.1) is 0 Å². The van der Waals surface area contributed by atoms with Crippen LogP contribution < -0.4 is 4.83 Å². The summed E-state index contributed by atoms with van der Waals surface area (Å²) in [7, 11) is -3.91. The number of hydrazone groups is 1. The normalized spacial score (nSPS) is 13.8. The molecule has 1 atom stereocenters. The van der Waals surface area contributed by atoms with Crippen molar-refractivity contribution in [2.24, 2.45) is 11.0 Å².